The van der Waals surface area contributed by atoms with Crippen molar-refractivity contribution in [2.24, 2.45) is 0 Å². The molecule has 0 saturated heterocycles. The van der Waals surface area contributed by atoms with Gasteiger partial charge in [-0.2, -0.15) is 0 Å². The number of sulfonamides is 1. The van der Waals surface area contributed by atoms with Crippen molar-refractivity contribution < 1.29 is 12.8 Å². The number of benzene rings is 1. The second-order valence-corrected chi connectivity index (χ2v) is 5.87. The van der Waals surface area contributed by atoms with E-state index < -0.39 is 10.0 Å². The first kappa shape index (κ1) is 13.1. The molecule has 0 amide bonds. The summed E-state index contributed by atoms with van der Waals surface area (Å²) in [5, 5.41) is 0. The Balaban J connectivity index is 2.84. The van der Waals surface area contributed by atoms with Crippen LogP contribution in [0.25, 0.3) is 0 Å². The van der Waals surface area contributed by atoms with Gasteiger partial charge in [0.15, 0.2) is 0 Å². The third-order valence-electron chi connectivity index (χ3n) is 2.01. The maximum Gasteiger partial charge on any atom is 0.216 e. The molecule has 90 valence electrons. The lowest BCUT2D eigenvalue weighted by atomic mass is 10.2. The van der Waals surface area contributed by atoms with Gasteiger partial charge in [-0.1, -0.05) is 12.1 Å². The quantitative estimate of drug-likeness (QED) is 0.881. The third kappa shape index (κ3) is 3.90. The van der Waals surface area contributed by atoms with Crippen LogP contribution in [-0.2, 0) is 15.8 Å². The minimum Gasteiger partial charge on any atom is -0.212 e. The molecule has 0 unspecified atom stereocenters. The first-order valence-corrected chi connectivity index (χ1v) is 6.70. The summed E-state index contributed by atoms with van der Waals surface area (Å²) in [5.74, 6) is -0.570. The monoisotopic (exact) mass is 245 g/mol. The van der Waals surface area contributed by atoms with Crippen LogP contribution in [0.3, 0.4) is 0 Å². The van der Waals surface area contributed by atoms with Gasteiger partial charge in [0, 0.05) is 6.04 Å². The SMILES string of the molecule is Cc1ccc(CS(=O)(=O)NC(C)C)cc1F. The Bertz CT molecular complexity index is 469. The largest absolute Gasteiger partial charge is 0.216 e. The molecule has 1 rings (SSSR count). The van der Waals surface area contributed by atoms with Gasteiger partial charge in [-0.15, -0.1) is 0 Å². The molecule has 0 radical (unpaired) electrons. The van der Waals surface area contributed by atoms with Crippen LogP contribution in [0.1, 0.15) is 25.0 Å². The predicted molar refractivity (Wildman–Crippen MR) is 62.0 cm³/mol. The maximum atomic E-state index is 13.2. The van der Waals surface area contributed by atoms with Gasteiger partial charge in [-0.05, 0) is 38.0 Å². The summed E-state index contributed by atoms with van der Waals surface area (Å²) in [6, 6.07) is 4.31. The Labute approximate surface area is 95.7 Å². The van der Waals surface area contributed by atoms with Crippen LogP contribution in [-0.4, -0.2) is 14.5 Å². The molecule has 5 heteroatoms. The van der Waals surface area contributed by atoms with Crippen LogP contribution in [0.4, 0.5) is 4.39 Å². The highest BCUT2D eigenvalue weighted by Crippen LogP contribution is 2.11. The van der Waals surface area contributed by atoms with Crippen molar-refractivity contribution in [1.29, 1.82) is 0 Å². The molecule has 1 N–H and O–H groups in total. The van der Waals surface area contributed by atoms with Crippen LogP contribution in [0.2, 0.25) is 0 Å². The standard InChI is InChI=1S/C11H16FNO2S/c1-8(2)13-16(14,15)7-10-5-4-9(3)11(12)6-10/h4-6,8,13H,7H2,1-3H3. The van der Waals surface area contributed by atoms with E-state index in [1.54, 1.807) is 32.9 Å². The van der Waals surface area contributed by atoms with Crippen LogP contribution >= 0.6 is 0 Å². The fraction of sp³-hybridized carbons (Fsp3) is 0.455. The highest BCUT2D eigenvalue weighted by molar-refractivity contribution is 7.88. The highest BCUT2D eigenvalue weighted by Gasteiger charge is 2.13. The molecule has 16 heavy (non-hydrogen) atoms. The molecule has 0 bridgehead atoms. The maximum absolute atomic E-state index is 13.2. The third-order valence-corrected chi connectivity index (χ3v) is 3.55. The van der Waals surface area contributed by atoms with Crippen LogP contribution in [0, 0.1) is 12.7 Å². The molecule has 3 nitrogen and oxygen atoms in total. The summed E-state index contributed by atoms with van der Waals surface area (Å²) in [4.78, 5) is 0. The van der Waals surface area contributed by atoms with E-state index in [1.807, 2.05) is 0 Å². The van der Waals surface area contributed by atoms with Gasteiger partial charge in [0.2, 0.25) is 10.0 Å². The van der Waals surface area contributed by atoms with Gasteiger partial charge < -0.3 is 0 Å². The fourth-order valence-electron chi connectivity index (χ4n) is 1.35. The van der Waals surface area contributed by atoms with Gasteiger partial charge >= 0.3 is 0 Å². The minimum atomic E-state index is -3.38. The average molecular weight is 245 g/mol. The van der Waals surface area contributed by atoms with E-state index in [0.717, 1.165) is 0 Å². The Morgan fingerprint density at radius 2 is 2.00 bits per heavy atom. The molecule has 0 saturated carbocycles. The first-order chi connectivity index (χ1) is 7.30. The van der Waals surface area contributed by atoms with Gasteiger partial charge in [0.1, 0.15) is 5.82 Å². The molecule has 1 aromatic rings. The van der Waals surface area contributed by atoms with Crippen molar-refractivity contribution in [3.63, 3.8) is 0 Å². The van der Waals surface area contributed by atoms with E-state index in [0.29, 0.717) is 11.1 Å². The summed E-state index contributed by atoms with van der Waals surface area (Å²) in [6.07, 6.45) is 0. The summed E-state index contributed by atoms with van der Waals surface area (Å²) >= 11 is 0. The Kier molecular flexibility index (Phi) is 4.04. The van der Waals surface area contributed by atoms with Gasteiger partial charge in [0.25, 0.3) is 0 Å². The van der Waals surface area contributed by atoms with Crippen molar-refractivity contribution in [1.82, 2.24) is 4.72 Å². The van der Waals surface area contributed by atoms with E-state index in [9.17, 15) is 12.8 Å². The molecular formula is C11H16FNO2S. The average Bonchev–Trinajstić information content (AvgIpc) is 2.08. The van der Waals surface area contributed by atoms with Crippen LogP contribution in [0.5, 0.6) is 0 Å². The Hall–Kier alpha value is -0.940. The molecular weight excluding hydrogens is 229 g/mol. The summed E-state index contributed by atoms with van der Waals surface area (Å²) in [7, 11) is -3.38. The molecule has 0 aliphatic carbocycles. The van der Waals surface area contributed by atoms with Gasteiger partial charge in [0.05, 0.1) is 5.75 Å². The molecule has 0 fully saturated rings. The van der Waals surface area contributed by atoms with Crippen LogP contribution in [0.15, 0.2) is 18.2 Å². The molecule has 0 aromatic heterocycles. The summed E-state index contributed by atoms with van der Waals surface area (Å²) in [6.45, 7) is 5.13. The van der Waals surface area contributed by atoms with Crippen molar-refractivity contribution in [3.8, 4) is 0 Å². The molecule has 0 aliphatic heterocycles. The molecule has 1 aromatic carbocycles. The summed E-state index contributed by atoms with van der Waals surface area (Å²) < 4.78 is 38.8. The molecule has 0 atom stereocenters. The fourth-order valence-corrected chi connectivity index (χ4v) is 2.77. The minimum absolute atomic E-state index is 0.153. The van der Waals surface area contributed by atoms with Crippen molar-refractivity contribution in [3.05, 3.63) is 35.1 Å². The van der Waals surface area contributed by atoms with Gasteiger partial charge in [-0.3, -0.25) is 0 Å². The zero-order chi connectivity index (χ0) is 12.3. The van der Waals surface area contributed by atoms with E-state index in [1.165, 1.54) is 6.07 Å². The zero-order valence-corrected chi connectivity index (χ0v) is 10.4. The molecule has 0 aliphatic rings. The van der Waals surface area contributed by atoms with Crippen molar-refractivity contribution in [2.45, 2.75) is 32.6 Å². The lowest BCUT2D eigenvalue weighted by Gasteiger charge is -2.09. The summed E-state index contributed by atoms with van der Waals surface area (Å²) in [5.41, 5.74) is 0.967. The van der Waals surface area contributed by atoms with Crippen molar-refractivity contribution in [2.75, 3.05) is 0 Å². The van der Waals surface area contributed by atoms with E-state index >= 15 is 0 Å². The smallest absolute Gasteiger partial charge is 0.212 e. The number of hydrogen-bond donors (Lipinski definition) is 1. The van der Waals surface area contributed by atoms with Crippen molar-refractivity contribution >= 4 is 10.0 Å². The van der Waals surface area contributed by atoms with E-state index in [4.69, 9.17) is 0 Å². The zero-order valence-electron chi connectivity index (χ0n) is 9.62. The number of nitrogens with one attached hydrogen (secondary N) is 1. The highest BCUT2D eigenvalue weighted by atomic mass is 32.2. The molecule has 0 spiro atoms. The first-order valence-electron chi connectivity index (χ1n) is 5.05. The normalized spacial score (nSPS) is 12.1. The Morgan fingerprint density at radius 3 is 2.50 bits per heavy atom. The number of halogens is 1. The second kappa shape index (κ2) is 4.93. The van der Waals surface area contributed by atoms with Crippen LogP contribution < -0.4 is 4.72 Å². The second-order valence-electron chi connectivity index (χ2n) is 4.12. The Morgan fingerprint density at radius 1 is 1.38 bits per heavy atom. The number of hydrogen-bond acceptors (Lipinski definition) is 2. The van der Waals surface area contributed by atoms with E-state index in [2.05, 4.69) is 4.72 Å². The lowest BCUT2D eigenvalue weighted by molar-refractivity contribution is 0.568. The predicted octanol–water partition coefficient (Wildman–Crippen LogP) is 1.96. The van der Waals surface area contributed by atoms with E-state index in [-0.39, 0.29) is 17.6 Å². The number of rotatable bonds is 4. The van der Waals surface area contributed by atoms with Gasteiger partial charge in [-0.25, -0.2) is 17.5 Å². The number of aryl methyl sites for hydroxylation is 1. The topological polar surface area (TPSA) is 46.2 Å². The lowest BCUT2D eigenvalue weighted by Crippen LogP contribution is -2.31. The molecule has 0 heterocycles.